The normalized spacial score (nSPS) is 32.7. The van der Waals surface area contributed by atoms with Crippen LogP contribution >= 0.6 is 0 Å². The maximum atomic E-state index is 12.9. The molecule has 2 aliphatic heterocycles. The Hall–Kier alpha value is -3.17. The van der Waals surface area contributed by atoms with Crippen LogP contribution in [0.15, 0.2) is 30.3 Å². The van der Waals surface area contributed by atoms with Crippen LogP contribution in [0.2, 0.25) is 0 Å². The number of aromatic hydroxyl groups is 3. The van der Waals surface area contributed by atoms with Gasteiger partial charge in [-0.2, -0.15) is 0 Å². The summed E-state index contributed by atoms with van der Waals surface area (Å²) in [6, 6.07) is 6.86. The minimum absolute atomic E-state index is 0.0842. The Labute approximate surface area is 248 Å². The Morgan fingerprint density at radius 3 is 2.14 bits per heavy atom. The van der Waals surface area contributed by atoms with Gasteiger partial charge in [-0.1, -0.05) is 19.9 Å². The topological polar surface area (TPSA) is 205 Å². The average molecular weight is 609 g/mol. The number of carbonyl (C=O) groups is 1. The number of hydrogen-bond acceptors (Lipinski definition) is 13. The molecule has 0 aliphatic carbocycles. The molecule has 2 aromatic rings. The summed E-state index contributed by atoms with van der Waals surface area (Å²) in [6.45, 7) is 4.65. The maximum absolute atomic E-state index is 12.9. The Balaban J connectivity index is 1.51. The molecule has 0 amide bonds. The minimum atomic E-state index is -1.59. The summed E-state index contributed by atoms with van der Waals surface area (Å²) >= 11 is 0. The van der Waals surface area contributed by atoms with Gasteiger partial charge < -0.3 is 59.4 Å². The molecule has 0 bridgehead atoms. The zero-order valence-corrected chi connectivity index (χ0v) is 24.4. The number of carbonyl (C=O) groups excluding carboxylic acids is 1. The van der Waals surface area contributed by atoms with E-state index < -0.39 is 73.1 Å². The highest BCUT2D eigenvalue weighted by molar-refractivity contribution is 6.01. The number of aliphatic hydroxyl groups excluding tert-OH is 4. The molecule has 13 nitrogen and oxygen atoms in total. The number of hydrogen-bond donors (Lipinski definition) is 7. The summed E-state index contributed by atoms with van der Waals surface area (Å²) in [7, 11) is 1.42. The zero-order valence-electron chi connectivity index (χ0n) is 24.4. The van der Waals surface area contributed by atoms with E-state index >= 15 is 0 Å². The van der Waals surface area contributed by atoms with Crippen LogP contribution in [0.25, 0.3) is 0 Å². The van der Waals surface area contributed by atoms with Crippen molar-refractivity contribution in [1.82, 2.24) is 0 Å². The van der Waals surface area contributed by atoms with Gasteiger partial charge in [-0.15, -0.1) is 0 Å². The molecule has 2 aliphatic rings. The van der Waals surface area contributed by atoms with Crippen molar-refractivity contribution in [2.75, 3.05) is 13.7 Å². The largest absolute Gasteiger partial charge is 0.507 e. The number of aliphatic hydroxyl groups is 4. The van der Waals surface area contributed by atoms with Crippen molar-refractivity contribution >= 4 is 5.78 Å². The van der Waals surface area contributed by atoms with Gasteiger partial charge in [0, 0.05) is 24.5 Å². The van der Waals surface area contributed by atoms with E-state index in [0.29, 0.717) is 5.56 Å². The minimum Gasteiger partial charge on any atom is -0.507 e. The highest BCUT2D eigenvalue weighted by atomic mass is 16.7. The molecule has 2 aromatic carbocycles. The highest BCUT2D eigenvalue weighted by Crippen LogP contribution is 2.38. The molecule has 2 heterocycles. The second-order valence-corrected chi connectivity index (χ2v) is 11.1. The number of phenolic OH excluding ortho intramolecular Hbond substituents is 3. The first-order valence-electron chi connectivity index (χ1n) is 14.1. The molecule has 10 atom stereocenters. The van der Waals surface area contributed by atoms with E-state index in [1.165, 1.54) is 13.2 Å². The molecule has 238 valence electrons. The highest BCUT2D eigenvalue weighted by Gasteiger charge is 2.50. The van der Waals surface area contributed by atoms with Gasteiger partial charge in [-0.25, -0.2) is 0 Å². The van der Waals surface area contributed by atoms with Crippen molar-refractivity contribution < 1.29 is 64.2 Å². The summed E-state index contributed by atoms with van der Waals surface area (Å²) in [5.74, 6) is -2.23. The lowest BCUT2D eigenvalue weighted by Gasteiger charge is -2.46. The van der Waals surface area contributed by atoms with Gasteiger partial charge in [0.25, 0.3) is 0 Å². The van der Waals surface area contributed by atoms with Crippen LogP contribution in [0.3, 0.4) is 0 Å². The van der Waals surface area contributed by atoms with Crippen LogP contribution in [-0.2, 0) is 20.6 Å². The third kappa shape index (κ3) is 6.99. The molecule has 43 heavy (non-hydrogen) atoms. The molecule has 4 rings (SSSR count). The molecule has 10 unspecified atom stereocenters. The van der Waals surface area contributed by atoms with Crippen molar-refractivity contribution in [3.8, 4) is 28.7 Å². The predicted molar refractivity (Wildman–Crippen MR) is 149 cm³/mol. The number of aryl methyl sites for hydroxylation is 1. The summed E-state index contributed by atoms with van der Waals surface area (Å²) in [5.41, 5.74) is 0.303. The number of ketones is 1. The Kier molecular flexibility index (Phi) is 10.4. The molecule has 13 heteroatoms. The SMILES string of the molecule is COc1ccc(CCC(=O)c2c(O)cc(OC3OC(CO)C(O)C(O)C3OC3OC(C)C(O)C(C)C3C)cc2O)cc1O. The zero-order chi connectivity index (χ0) is 31.6. The fourth-order valence-electron chi connectivity index (χ4n) is 5.36. The van der Waals surface area contributed by atoms with Crippen LogP contribution in [-0.4, -0.2) is 104 Å². The second kappa shape index (κ2) is 13.6. The van der Waals surface area contributed by atoms with E-state index in [-0.39, 0.29) is 47.5 Å². The third-order valence-corrected chi connectivity index (χ3v) is 8.23. The molecule has 0 aromatic heterocycles. The van der Waals surface area contributed by atoms with Crippen LogP contribution in [0.4, 0.5) is 0 Å². The Morgan fingerprint density at radius 1 is 0.860 bits per heavy atom. The lowest BCUT2D eigenvalue weighted by atomic mass is 9.85. The molecule has 2 fully saturated rings. The van der Waals surface area contributed by atoms with Crippen LogP contribution < -0.4 is 9.47 Å². The van der Waals surface area contributed by atoms with Crippen molar-refractivity contribution in [1.29, 1.82) is 0 Å². The lowest BCUT2D eigenvalue weighted by molar-refractivity contribution is -0.342. The quantitative estimate of drug-likeness (QED) is 0.190. The standard InChI is InChI=1S/C30H40O13/c1-13-14(2)29(40-15(3)25(13)36)43-28-27(38)26(37)23(12-31)42-30(28)41-17-10-20(34)24(21(35)11-17)18(32)7-5-16-6-8-22(39-4)19(33)9-16/h6,8-11,13-15,23,25-31,33-38H,5,7,12H2,1-4H3. The molecular formula is C30H40O13. The maximum Gasteiger partial charge on any atom is 0.229 e. The van der Waals surface area contributed by atoms with E-state index in [0.717, 1.165) is 12.1 Å². The summed E-state index contributed by atoms with van der Waals surface area (Å²) in [5, 5.41) is 72.7. The van der Waals surface area contributed by atoms with Crippen molar-refractivity contribution in [2.45, 2.75) is 82.8 Å². The van der Waals surface area contributed by atoms with E-state index in [2.05, 4.69) is 0 Å². The van der Waals surface area contributed by atoms with Crippen molar-refractivity contribution in [3.05, 3.63) is 41.5 Å². The molecule has 0 saturated carbocycles. The number of rotatable bonds is 10. The van der Waals surface area contributed by atoms with Gasteiger partial charge in [-0.3, -0.25) is 4.79 Å². The molecule has 0 spiro atoms. The van der Waals surface area contributed by atoms with Crippen LogP contribution in [0, 0.1) is 11.8 Å². The number of phenols is 3. The van der Waals surface area contributed by atoms with Crippen LogP contribution in [0.1, 0.15) is 43.1 Å². The molecule has 7 N–H and O–H groups in total. The Bertz CT molecular complexity index is 1250. The number of methoxy groups -OCH3 is 1. The summed E-state index contributed by atoms with van der Waals surface area (Å²) < 4.78 is 28.4. The fourth-order valence-corrected chi connectivity index (χ4v) is 5.36. The van der Waals surface area contributed by atoms with Gasteiger partial charge in [0.2, 0.25) is 6.29 Å². The first-order valence-corrected chi connectivity index (χ1v) is 14.1. The van der Waals surface area contributed by atoms with Crippen molar-refractivity contribution in [3.63, 3.8) is 0 Å². The molecular weight excluding hydrogens is 568 g/mol. The van der Waals surface area contributed by atoms with E-state index in [1.807, 2.05) is 6.92 Å². The second-order valence-electron chi connectivity index (χ2n) is 11.1. The first kappa shape index (κ1) is 32.7. The third-order valence-electron chi connectivity index (χ3n) is 8.23. The Morgan fingerprint density at radius 2 is 1.53 bits per heavy atom. The fraction of sp³-hybridized carbons (Fsp3) is 0.567. The smallest absolute Gasteiger partial charge is 0.229 e. The van der Waals surface area contributed by atoms with Gasteiger partial charge >= 0.3 is 0 Å². The van der Waals surface area contributed by atoms with E-state index in [1.54, 1.807) is 26.0 Å². The lowest BCUT2D eigenvalue weighted by Crippen LogP contribution is -2.62. The number of Topliss-reactive ketones (excluding diaryl/α,β-unsaturated/α-hetero) is 1. The average Bonchev–Trinajstić information content (AvgIpc) is 2.96. The summed E-state index contributed by atoms with van der Waals surface area (Å²) in [4.78, 5) is 12.9. The monoisotopic (exact) mass is 608 g/mol. The van der Waals surface area contributed by atoms with Gasteiger partial charge in [-0.05, 0) is 37.0 Å². The van der Waals surface area contributed by atoms with E-state index in [9.17, 15) is 40.5 Å². The van der Waals surface area contributed by atoms with Gasteiger partial charge in [0.1, 0.15) is 41.1 Å². The van der Waals surface area contributed by atoms with Gasteiger partial charge in [0.05, 0.1) is 25.9 Å². The molecule has 0 radical (unpaired) electrons. The predicted octanol–water partition coefficient (Wildman–Crippen LogP) is 1.21. The number of benzene rings is 2. The van der Waals surface area contributed by atoms with Crippen LogP contribution in [0.5, 0.6) is 28.7 Å². The molecule has 2 saturated heterocycles. The first-order chi connectivity index (χ1) is 20.4. The van der Waals surface area contributed by atoms with Crippen molar-refractivity contribution in [2.24, 2.45) is 11.8 Å². The number of ether oxygens (including phenoxy) is 5. The summed E-state index contributed by atoms with van der Waals surface area (Å²) in [6.07, 6.45) is -9.31. The van der Waals surface area contributed by atoms with Gasteiger partial charge in [0.15, 0.2) is 29.7 Å². The van der Waals surface area contributed by atoms with E-state index in [4.69, 9.17) is 23.7 Å².